The molecule has 3 nitrogen and oxygen atoms in total. The van der Waals surface area contributed by atoms with E-state index < -0.39 is 0 Å². The molecule has 3 heteroatoms. The van der Waals surface area contributed by atoms with Crippen molar-refractivity contribution in [3.05, 3.63) is 35.0 Å². The largest absolute Gasteiger partial charge is 0.398 e. The van der Waals surface area contributed by atoms with E-state index in [-0.39, 0.29) is 11.2 Å². The highest BCUT2D eigenvalue weighted by Crippen LogP contribution is 2.38. The maximum Gasteiger partial charge on any atom is 0.167 e. The van der Waals surface area contributed by atoms with Crippen molar-refractivity contribution >= 4 is 22.4 Å². The molecule has 0 aliphatic heterocycles. The molecule has 19 heavy (non-hydrogen) atoms. The van der Waals surface area contributed by atoms with Crippen molar-refractivity contribution in [2.45, 2.75) is 33.6 Å². The Kier molecular flexibility index (Phi) is 2.43. The molecular weight excluding hydrogens is 236 g/mol. The molecule has 98 valence electrons. The summed E-state index contributed by atoms with van der Waals surface area (Å²) in [6, 6.07) is 5.99. The van der Waals surface area contributed by atoms with Crippen LogP contribution in [0, 0.1) is 12.3 Å². The molecule has 0 atom stereocenters. The third-order valence-electron chi connectivity index (χ3n) is 3.82. The lowest BCUT2D eigenvalue weighted by atomic mass is 9.75. The van der Waals surface area contributed by atoms with Crippen molar-refractivity contribution in [1.29, 1.82) is 0 Å². The van der Waals surface area contributed by atoms with Gasteiger partial charge in [-0.2, -0.15) is 0 Å². The zero-order valence-electron chi connectivity index (χ0n) is 11.6. The van der Waals surface area contributed by atoms with Gasteiger partial charge in [0.2, 0.25) is 0 Å². The van der Waals surface area contributed by atoms with Crippen LogP contribution in [0.4, 0.5) is 5.69 Å². The monoisotopic (exact) mass is 254 g/mol. The van der Waals surface area contributed by atoms with Gasteiger partial charge in [0.15, 0.2) is 5.78 Å². The fourth-order valence-corrected chi connectivity index (χ4v) is 2.93. The van der Waals surface area contributed by atoms with Gasteiger partial charge >= 0.3 is 0 Å². The van der Waals surface area contributed by atoms with Crippen molar-refractivity contribution in [1.82, 2.24) is 4.98 Å². The summed E-state index contributed by atoms with van der Waals surface area (Å²) in [4.78, 5) is 17.0. The van der Waals surface area contributed by atoms with Gasteiger partial charge in [-0.05, 0) is 30.4 Å². The van der Waals surface area contributed by atoms with Gasteiger partial charge in [-0.1, -0.05) is 26.0 Å². The third-order valence-corrected chi connectivity index (χ3v) is 3.82. The van der Waals surface area contributed by atoms with Crippen LogP contribution in [0.5, 0.6) is 0 Å². The number of hydrogen-bond donors (Lipinski definition) is 1. The zero-order chi connectivity index (χ0) is 13.8. The summed E-state index contributed by atoms with van der Waals surface area (Å²) in [6.45, 7) is 6.24. The first-order valence-electron chi connectivity index (χ1n) is 6.59. The van der Waals surface area contributed by atoms with E-state index in [1.165, 1.54) is 0 Å². The average molecular weight is 254 g/mol. The lowest BCUT2D eigenvalue weighted by Crippen LogP contribution is -2.28. The number of anilines is 1. The number of carbonyl (C=O) groups is 1. The Hall–Kier alpha value is -1.90. The number of benzene rings is 1. The van der Waals surface area contributed by atoms with Gasteiger partial charge in [0.25, 0.3) is 0 Å². The normalized spacial score (nSPS) is 17.5. The second-order valence-corrected chi connectivity index (χ2v) is 6.31. The molecule has 1 aromatic heterocycles. The lowest BCUT2D eigenvalue weighted by molar-refractivity contribution is 0.0912. The molecule has 0 fully saturated rings. The van der Waals surface area contributed by atoms with E-state index in [9.17, 15) is 4.79 Å². The molecule has 1 aromatic carbocycles. The van der Waals surface area contributed by atoms with Gasteiger partial charge in [0, 0.05) is 11.8 Å². The van der Waals surface area contributed by atoms with E-state index >= 15 is 0 Å². The molecule has 2 N–H and O–H groups in total. The first-order valence-corrected chi connectivity index (χ1v) is 6.59. The molecule has 1 aliphatic carbocycles. The first kappa shape index (κ1) is 12.2. The Bertz CT molecular complexity index is 701. The van der Waals surface area contributed by atoms with Crippen LogP contribution in [0.25, 0.3) is 10.9 Å². The highest BCUT2D eigenvalue weighted by molar-refractivity contribution is 6.09. The SMILES string of the molecule is Cc1ccc2c(N)c3c(nc2c1)CC(C)(C)CC3=O. The maximum atomic E-state index is 12.3. The summed E-state index contributed by atoms with van der Waals surface area (Å²) in [5.41, 5.74) is 10.3. The van der Waals surface area contributed by atoms with Gasteiger partial charge in [0.05, 0.1) is 22.5 Å². The number of nitrogens with two attached hydrogens (primary N) is 1. The molecule has 0 unspecified atom stereocenters. The van der Waals surface area contributed by atoms with Crippen LogP contribution < -0.4 is 5.73 Å². The predicted molar refractivity (Wildman–Crippen MR) is 77.3 cm³/mol. The summed E-state index contributed by atoms with van der Waals surface area (Å²) in [5, 5.41) is 0.886. The molecule has 1 aliphatic rings. The second kappa shape index (κ2) is 3.80. The summed E-state index contributed by atoms with van der Waals surface area (Å²) in [5.74, 6) is 0.124. The summed E-state index contributed by atoms with van der Waals surface area (Å²) in [7, 11) is 0. The molecule has 2 aromatic rings. The van der Waals surface area contributed by atoms with Gasteiger partial charge in [0.1, 0.15) is 0 Å². The fourth-order valence-electron chi connectivity index (χ4n) is 2.93. The Morgan fingerprint density at radius 1 is 1.26 bits per heavy atom. The summed E-state index contributed by atoms with van der Waals surface area (Å²) in [6.07, 6.45) is 1.35. The van der Waals surface area contributed by atoms with E-state index in [2.05, 4.69) is 18.8 Å². The lowest BCUT2D eigenvalue weighted by Gasteiger charge is -2.30. The number of ketones is 1. The minimum atomic E-state index is -0.0268. The molecule has 3 rings (SSSR count). The number of Topliss-reactive ketones (excluding diaryl/α,β-unsaturated/α-hetero) is 1. The smallest absolute Gasteiger partial charge is 0.167 e. The Morgan fingerprint density at radius 3 is 2.74 bits per heavy atom. The molecule has 1 heterocycles. The van der Waals surface area contributed by atoms with Crippen molar-refractivity contribution < 1.29 is 4.79 Å². The predicted octanol–water partition coefficient (Wildman–Crippen LogP) is 3.28. The number of hydrogen-bond acceptors (Lipinski definition) is 3. The van der Waals surface area contributed by atoms with Crippen molar-refractivity contribution in [3.63, 3.8) is 0 Å². The van der Waals surface area contributed by atoms with E-state index in [0.29, 0.717) is 17.7 Å². The number of pyridine rings is 1. The molecule has 0 bridgehead atoms. The molecular formula is C16H18N2O. The zero-order valence-corrected chi connectivity index (χ0v) is 11.6. The standard InChI is InChI=1S/C16H18N2O/c1-9-4-5-10-11(6-9)18-12-7-16(2,3)8-13(19)14(12)15(10)17/h4-6H,7-8H2,1-3H3,(H2,17,18). The first-order chi connectivity index (χ1) is 8.87. The number of rotatable bonds is 0. The average Bonchev–Trinajstić information content (AvgIpc) is 2.25. The van der Waals surface area contributed by atoms with Crippen LogP contribution in [-0.2, 0) is 6.42 Å². The number of aromatic nitrogens is 1. The van der Waals surface area contributed by atoms with Crippen molar-refractivity contribution in [2.24, 2.45) is 5.41 Å². The molecule has 0 saturated heterocycles. The van der Waals surface area contributed by atoms with Crippen LogP contribution in [0.15, 0.2) is 18.2 Å². The highest BCUT2D eigenvalue weighted by Gasteiger charge is 2.33. The number of carbonyl (C=O) groups excluding carboxylic acids is 1. The quantitative estimate of drug-likeness (QED) is 0.785. The van der Waals surface area contributed by atoms with Crippen LogP contribution in [-0.4, -0.2) is 10.8 Å². The fraction of sp³-hybridized carbons (Fsp3) is 0.375. The third kappa shape index (κ3) is 1.89. The van der Waals surface area contributed by atoms with Gasteiger partial charge in [-0.25, -0.2) is 0 Å². The molecule has 0 saturated carbocycles. The Morgan fingerprint density at radius 2 is 2.00 bits per heavy atom. The number of aryl methyl sites for hydroxylation is 1. The number of fused-ring (bicyclic) bond motifs is 2. The number of nitrogen functional groups attached to an aromatic ring is 1. The van der Waals surface area contributed by atoms with E-state index in [1.54, 1.807) is 0 Å². The van der Waals surface area contributed by atoms with Crippen LogP contribution >= 0.6 is 0 Å². The van der Waals surface area contributed by atoms with E-state index in [1.807, 2.05) is 25.1 Å². The highest BCUT2D eigenvalue weighted by atomic mass is 16.1. The van der Waals surface area contributed by atoms with Crippen molar-refractivity contribution in [2.75, 3.05) is 5.73 Å². The Balaban J connectivity index is 2.33. The van der Waals surface area contributed by atoms with Crippen LogP contribution in [0.3, 0.4) is 0 Å². The maximum absolute atomic E-state index is 12.3. The van der Waals surface area contributed by atoms with Gasteiger partial charge in [-0.3, -0.25) is 9.78 Å². The minimum Gasteiger partial charge on any atom is -0.398 e. The number of nitrogens with zero attached hydrogens (tertiary/aromatic N) is 1. The van der Waals surface area contributed by atoms with E-state index in [4.69, 9.17) is 5.73 Å². The van der Waals surface area contributed by atoms with E-state index in [0.717, 1.165) is 28.6 Å². The minimum absolute atomic E-state index is 0.0268. The Labute approximate surface area is 112 Å². The van der Waals surface area contributed by atoms with Gasteiger partial charge < -0.3 is 5.73 Å². The van der Waals surface area contributed by atoms with Crippen LogP contribution in [0.1, 0.15) is 41.9 Å². The molecule has 0 spiro atoms. The van der Waals surface area contributed by atoms with Crippen LogP contribution in [0.2, 0.25) is 0 Å². The summed E-state index contributed by atoms with van der Waals surface area (Å²) < 4.78 is 0. The molecule has 0 amide bonds. The summed E-state index contributed by atoms with van der Waals surface area (Å²) >= 11 is 0. The van der Waals surface area contributed by atoms with Gasteiger partial charge in [-0.15, -0.1) is 0 Å². The molecule has 0 radical (unpaired) electrons. The topological polar surface area (TPSA) is 56.0 Å². The van der Waals surface area contributed by atoms with Crippen molar-refractivity contribution in [3.8, 4) is 0 Å². The second-order valence-electron chi connectivity index (χ2n) is 6.31.